The van der Waals surface area contributed by atoms with E-state index >= 15 is 0 Å². The van der Waals surface area contributed by atoms with Crippen molar-refractivity contribution in [2.75, 3.05) is 18.0 Å². The highest BCUT2D eigenvalue weighted by Gasteiger charge is 2.15. The molecule has 19 heavy (non-hydrogen) atoms. The number of hydrogen-bond donors (Lipinski definition) is 0. The minimum Gasteiger partial charge on any atom is -0.354 e. The summed E-state index contributed by atoms with van der Waals surface area (Å²) in [6.07, 6.45) is 2.14. The van der Waals surface area contributed by atoms with Crippen molar-refractivity contribution in [3.05, 3.63) is 17.3 Å². The van der Waals surface area contributed by atoms with Crippen LogP contribution in [-0.4, -0.2) is 23.1 Å². The van der Waals surface area contributed by atoms with Crippen LogP contribution in [0.4, 0.5) is 5.82 Å². The molecule has 0 saturated carbocycles. The fourth-order valence-electron chi connectivity index (χ4n) is 2.09. The van der Waals surface area contributed by atoms with E-state index in [0.717, 1.165) is 29.1 Å². The second kappa shape index (κ2) is 5.98. The zero-order valence-electron chi connectivity index (χ0n) is 11.6. The van der Waals surface area contributed by atoms with E-state index in [1.165, 1.54) is 5.56 Å². The fraction of sp³-hybridized carbons (Fsp3) is 0.500. The van der Waals surface area contributed by atoms with Crippen molar-refractivity contribution in [3.63, 3.8) is 0 Å². The van der Waals surface area contributed by atoms with Crippen molar-refractivity contribution in [2.45, 2.75) is 27.2 Å². The van der Waals surface area contributed by atoms with Gasteiger partial charge in [0.15, 0.2) is 0 Å². The number of aryl methyl sites for hydroxylation is 1. The highest BCUT2D eigenvalue weighted by Crippen LogP contribution is 2.31. The van der Waals surface area contributed by atoms with E-state index in [1.807, 2.05) is 0 Å². The largest absolute Gasteiger partial charge is 0.354 e. The lowest BCUT2D eigenvalue weighted by Gasteiger charge is -2.24. The zero-order chi connectivity index (χ0) is 13.8. The van der Waals surface area contributed by atoms with Crippen LogP contribution in [-0.2, 0) is 0 Å². The minimum absolute atomic E-state index is 0.516. The Morgan fingerprint density at radius 2 is 2.21 bits per heavy atom. The maximum atomic E-state index is 8.81. The molecule has 0 amide bonds. The van der Waals surface area contributed by atoms with Gasteiger partial charge in [-0.1, -0.05) is 13.8 Å². The molecule has 0 aliphatic rings. The Hall–Kier alpha value is -1.67. The first kappa shape index (κ1) is 13.8. The molecule has 0 aliphatic carbocycles. The van der Waals surface area contributed by atoms with Crippen LogP contribution in [0.1, 0.15) is 25.8 Å². The molecule has 0 unspecified atom stereocenters. The Morgan fingerprint density at radius 3 is 2.89 bits per heavy atom. The normalized spacial score (nSPS) is 10.9. The first-order chi connectivity index (χ1) is 9.13. The zero-order valence-corrected chi connectivity index (χ0v) is 12.4. The Labute approximate surface area is 117 Å². The van der Waals surface area contributed by atoms with Gasteiger partial charge in [-0.2, -0.15) is 5.26 Å². The Balaban J connectivity index is 2.40. The van der Waals surface area contributed by atoms with E-state index in [2.05, 4.69) is 47.1 Å². The number of nitrogens with zero attached hydrogens (tertiary/aromatic N) is 4. The molecule has 0 aliphatic heterocycles. The molecule has 0 saturated heterocycles. The summed E-state index contributed by atoms with van der Waals surface area (Å²) in [5, 5.41) is 10.9. The summed E-state index contributed by atoms with van der Waals surface area (Å²) >= 11 is 1.68. The van der Waals surface area contributed by atoms with Crippen LogP contribution in [0.15, 0.2) is 11.7 Å². The molecule has 100 valence electrons. The molecular weight excluding hydrogens is 256 g/mol. The van der Waals surface area contributed by atoms with Crippen LogP contribution in [0.3, 0.4) is 0 Å². The highest BCUT2D eigenvalue weighted by atomic mass is 32.1. The van der Waals surface area contributed by atoms with Gasteiger partial charge >= 0.3 is 0 Å². The maximum absolute atomic E-state index is 8.81. The van der Waals surface area contributed by atoms with Crippen LogP contribution in [0, 0.1) is 24.2 Å². The summed E-state index contributed by atoms with van der Waals surface area (Å²) in [6, 6.07) is 2.21. The molecule has 0 radical (unpaired) electrons. The van der Waals surface area contributed by atoms with Crippen molar-refractivity contribution in [1.82, 2.24) is 9.97 Å². The number of fused-ring (bicyclic) bond motifs is 1. The molecule has 0 N–H and O–H groups in total. The van der Waals surface area contributed by atoms with E-state index in [4.69, 9.17) is 5.26 Å². The van der Waals surface area contributed by atoms with E-state index in [1.54, 1.807) is 17.7 Å². The number of rotatable bonds is 5. The SMILES string of the molecule is Cc1csc2c(N(CCC#N)CC(C)C)ncnc12. The summed E-state index contributed by atoms with van der Waals surface area (Å²) < 4.78 is 1.12. The smallest absolute Gasteiger partial charge is 0.150 e. The standard InChI is InChI=1S/C14H18N4S/c1-10(2)7-18(6-4-5-15)14-13-12(16-9-17-14)11(3)8-19-13/h8-10H,4,6-7H2,1-3H3. The van der Waals surface area contributed by atoms with Crippen LogP contribution in [0.2, 0.25) is 0 Å². The van der Waals surface area contributed by atoms with Crippen molar-refractivity contribution < 1.29 is 0 Å². The molecule has 0 fully saturated rings. The lowest BCUT2D eigenvalue weighted by Crippen LogP contribution is -2.29. The topological polar surface area (TPSA) is 52.8 Å². The molecule has 2 aromatic heterocycles. The summed E-state index contributed by atoms with van der Waals surface area (Å²) in [7, 11) is 0. The number of nitriles is 1. The van der Waals surface area contributed by atoms with Gasteiger partial charge in [0.1, 0.15) is 12.1 Å². The van der Waals surface area contributed by atoms with Gasteiger partial charge in [0.25, 0.3) is 0 Å². The second-order valence-electron chi connectivity index (χ2n) is 5.04. The molecule has 0 bridgehead atoms. The van der Waals surface area contributed by atoms with Crippen molar-refractivity contribution in [1.29, 1.82) is 5.26 Å². The third-order valence-electron chi connectivity index (χ3n) is 2.89. The minimum atomic E-state index is 0.516. The number of thiophene rings is 1. The van der Waals surface area contributed by atoms with Gasteiger partial charge < -0.3 is 4.90 Å². The van der Waals surface area contributed by atoms with Gasteiger partial charge in [0.2, 0.25) is 0 Å². The fourth-order valence-corrected chi connectivity index (χ4v) is 3.11. The van der Waals surface area contributed by atoms with Crippen LogP contribution < -0.4 is 4.90 Å². The van der Waals surface area contributed by atoms with Gasteiger partial charge in [-0.05, 0) is 23.8 Å². The third-order valence-corrected chi connectivity index (χ3v) is 3.97. The van der Waals surface area contributed by atoms with E-state index in [-0.39, 0.29) is 0 Å². The highest BCUT2D eigenvalue weighted by molar-refractivity contribution is 7.18. The third kappa shape index (κ3) is 3.02. The van der Waals surface area contributed by atoms with Gasteiger partial charge in [-0.25, -0.2) is 9.97 Å². The average molecular weight is 274 g/mol. The average Bonchev–Trinajstić information content (AvgIpc) is 2.76. The molecule has 0 aromatic carbocycles. The second-order valence-corrected chi connectivity index (χ2v) is 5.92. The van der Waals surface area contributed by atoms with Gasteiger partial charge in [-0.3, -0.25) is 0 Å². The molecular formula is C14H18N4S. The number of hydrogen-bond acceptors (Lipinski definition) is 5. The predicted octanol–water partition coefficient (Wildman–Crippen LogP) is 3.38. The van der Waals surface area contributed by atoms with Crippen molar-refractivity contribution >= 4 is 27.4 Å². The maximum Gasteiger partial charge on any atom is 0.150 e. The van der Waals surface area contributed by atoms with Crippen LogP contribution in [0.25, 0.3) is 10.2 Å². The first-order valence-corrected chi connectivity index (χ1v) is 7.32. The molecule has 2 heterocycles. The van der Waals surface area contributed by atoms with E-state index < -0.39 is 0 Å². The quantitative estimate of drug-likeness (QED) is 0.838. The van der Waals surface area contributed by atoms with Gasteiger partial charge in [-0.15, -0.1) is 11.3 Å². The molecule has 0 atom stereocenters. The Kier molecular flexibility index (Phi) is 4.33. The summed E-state index contributed by atoms with van der Waals surface area (Å²) in [5.74, 6) is 1.50. The summed E-state index contributed by atoms with van der Waals surface area (Å²) in [5.41, 5.74) is 2.22. The predicted molar refractivity (Wildman–Crippen MR) is 79.4 cm³/mol. The summed E-state index contributed by atoms with van der Waals surface area (Å²) in [6.45, 7) is 8.05. The lowest BCUT2D eigenvalue weighted by atomic mass is 10.2. The van der Waals surface area contributed by atoms with Gasteiger partial charge in [0.05, 0.1) is 22.7 Å². The van der Waals surface area contributed by atoms with Gasteiger partial charge in [0, 0.05) is 13.1 Å². The lowest BCUT2D eigenvalue weighted by molar-refractivity contribution is 0.609. The van der Waals surface area contributed by atoms with E-state index in [9.17, 15) is 0 Å². The van der Waals surface area contributed by atoms with E-state index in [0.29, 0.717) is 12.3 Å². The Bertz CT molecular complexity index is 597. The molecule has 4 nitrogen and oxygen atoms in total. The summed E-state index contributed by atoms with van der Waals surface area (Å²) in [4.78, 5) is 11.0. The molecule has 2 rings (SSSR count). The number of aromatic nitrogens is 2. The molecule has 5 heteroatoms. The van der Waals surface area contributed by atoms with Crippen LogP contribution >= 0.6 is 11.3 Å². The first-order valence-electron chi connectivity index (χ1n) is 6.44. The van der Waals surface area contributed by atoms with Crippen molar-refractivity contribution in [3.8, 4) is 6.07 Å². The number of anilines is 1. The monoisotopic (exact) mass is 274 g/mol. The Morgan fingerprint density at radius 1 is 1.42 bits per heavy atom. The molecule has 0 spiro atoms. The van der Waals surface area contributed by atoms with Crippen molar-refractivity contribution in [2.24, 2.45) is 5.92 Å². The molecule has 2 aromatic rings. The van der Waals surface area contributed by atoms with Crippen LogP contribution in [0.5, 0.6) is 0 Å².